The Kier molecular flexibility index (Phi) is 19.3. The molecule has 4 aromatic rings. The molecule has 49 heavy (non-hydrogen) atoms. The predicted molar refractivity (Wildman–Crippen MR) is 195 cm³/mol. The Balaban J connectivity index is 0.000000282. The summed E-state index contributed by atoms with van der Waals surface area (Å²) in [5.41, 5.74) is 9.16. The second-order valence-corrected chi connectivity index (χ2v) is 12.1. The first-order valence-corrected chi connectivity index (χ1v) is 18.2. The van der Waals surface area contributed by atoms with Crippen LogP contribution in [-0.4, -0.2) is 67.8 Å². The van der Waals surface area contributed by atoms with Crippen molar-refractivity contribution < 1.29 is 29.3 Å². The van der Waals surface area contributed by atoms with E-state index in [1.807, 2.05) is 24.6 Å². The van der Waals surface area contributed by atoms with Crippen molar-refractivity contribution in [2.45, 2.75) is 50.5 Å². The highest BCUT2D eigenvalue weighted by atomic mass is 35.5. The summed E-state index contributed by atoms with van der Waals surface area (Å²) in [6.45, 7) is 4.82. The van der Waals surface area contributed by atoms with Crippen molar-refractivity contribution in [1.29, 1.82) is 0 Å². The van der Waals surface area contributed by atoms with E-state index in [4.69, 9.17) is 60.2 Å². The Morgan fingerprint density at radius 1 is 0.796 bits per heavy atom. The first-order chi connectivity index (χ1) is 23.5. The van der Waals surface area contributed by atoms with E-state index in [2.05, 4.69) is 25.3 Å². The number of rotatable bonds is 12. The van der Waals surface area contributed by atoms with E-state index in [1.54, 1.807) is 38.1 Å². The van der Waals surface area contributed by atoms with E-state index >= 15 is 0 Å². The Hall–Kier alpha value is -3.21. The minimum absolute atomic E-state index is 0.0241. The maximum Gasteiger partial charge on any atom is 0.343 e. The number of carbonyl (C=O) groups excluding carboxylic acids is 2. The molecule has 0 atom stereocenters. The molecular weight excluding hydrogens is 735 g/mol. The smallest absolute Gasteiger partial charge is 0.343 e. The molecule has 2 heterocycles. The Morgan fingerprint density at radius 2 is 1.29 bits per heavy atom. The molecule has 17 heteroatoms. The molecule has 0 aliphatic carbocycles. The van der Waals surface area contributed by atoms with Crippen LogP contribution in [-0.2, 0) is 35.8 Å². The first-order valence-electron chi connectivity index (χ1n) is 14.6. The molecular formula is C32H37Cl3N6O6S2. The number of aromatic nitrogens is 4. The summed E-state index contributed by atoms with van der Waals surface area (Å²) >= 11 is 20.4. The SMILES string of the molecule is CCOC(=O)c1cnc(SC)nc1Cl.CCOC(=O)c1cnc(SC)nc1NCc1ccc(CO)c(Cl)c1.NCc1ccc(CO)c(Cl)c1. The van der Waals surface area contributed by atoms with Gasteiger partial charge in [-0.1, -0.05) is 82.6 Å². The standard InChI is InChI=1S/C16H18ClN3O3S.C8H9ClN2O2S.C8H10ClNO/c1-3-23-15(22)12-8-19-16(24-2)20-14(12)18-7-10-4-5-11(9-21)13(17)6-10;1-3-13-7(12)5-4-10-8(14-2)11-6(5)9;9-8-3-6(4-10)1-2-7(8)5-11/h4-6,8,21H,3,7,9H2,1-2H3,(H,18,19,20);4H,3H2,1-2H3;1-3,11H,4-5,10H2. The average Bonchev–Trinajstić information content (AvgIpc) is 3.11. The fraction of sp³-hybridized carbons (Fsp3) is 0.312. The van der Waals surface area contributed by atoms with E-state index in [1.165, 1.54) is 35.9 Å². The van der Waals surface area contributed by atoms with Crippen LogP contribution in [0.2, 0.25) is 15.2 Å². The summed E-state index contributed by atoms with van der Waals surface area (Å²) in [6, 6.07) is 10.8. The Bertz CT molecular complexity index is 1690. The van der Waals surface area contributed by atoms with Crippen LogP contribution in [0.1, 0.15) is 56.8 Å². The number of anilines is 1. The third kappa shape index (κ3) is 13.6. The summed E-state index contributed by atoms with van der Waals surface area (Å²) in [5.74, 6) is -0.554. The number of esters is 2. The van der Waals surface area contributed by atoms with Gasteiger partial charge in [-0.15, -0.1) is 0 Å². The molecule has 0 amide bonds. The number of thioether (sulfide) groups is 2. The quantitative estimate of drug-likeness (QED) is 0.0533. The highest BCUT2D eigenvalue weighted by Gasteiger charge is 2.16. The molecule has 0 saturated heterocycles. The zero-order valence-electron chi connectivity index (χ0n) is 27.2. The third-order valence-corrected chi connectivity index (χ3v) is 8.23. The van der Waals surface area contributed by atoms with Crippen molar-refractivity contribution in [2.75, 3.05) is 31.0 Å². The zero-order chi connectivity index (χ0) is 36.3. The highest BCUT2D eigenvalue weighted by molar-refractivity contribution is 7.98. The third-order valence-electron chi connectivity index (χ3n) is 6.11. The highest BCUT2D eigenvalue weighted by Crippen LogP contribution is 2.22. The van der Waals surface area contributed by atoms with Crippen LogP contribution in [0, 0.1) is 0 Å². The second kappa shape index (κ2) is 22.5. The molecule has 2 aromatic carbocycles. The van der Waals surface area contributed by atoms with Gasteiger partial charge in [0.2, 0.25) is 0 Å². The molecule has 0 unspecified atom stereocenters. The fourth-order valence-electron chi connectivity index (χ4n) is 3.61. The van der Waals surface area contributed by atoms with Gasteiger partial charge in [-0.05, 0) is 60.7 Å². The number of nitrogens with one attached hydrogen (secondary N) is 1. The van der Waals surface area contributed by atoms with Crippen LogP contribution in [0.3, 0.4) is 0 Å². The molecule has 0 radical (unpaired) electrons. The van der Waals surface area contributed by atoms with Gasteiger partial charge in [0.1, 0.15) is 22.1 Å². The number of carbonyl (C=O) groups is 2. The molecule has 0 fully saturated rings. The summed E-state index contributed by atoms with van der Waals surface area (Å²) in [4.78, 5) is 39.6. The van der Waals surface area contributed by atoms with Crippen molar-refractivity contribution in [3.63, 3.8) is 0 Å². The largest absolute Gasteiger partial charge is 0.462 e. The van der Waals surface area contributed by atoms with E-state index in [9.17, 15) is 9.59 Å². The minimum Gasteiger partial charge on any atom is -0.462 e. The van der Waals surface area contributed by atoms with Gasteiger partial charge in [0, 0.05) is 35.5 Å². The summed E-state index contributed by atoms with van der Waals surface area (Å²) < 4.78 is 9.80. The molecule has 0 bridgehead atoms. The molecule has 0 aliphatic rings. The van der Waals surface area contributed by atoms with Crippen LogP contribution in [0.15, 0.2) is 59.1 Å². The van der Waals surface area contributed by atoms with Crippen molar-refractivity contribution in [3.05, 3.63) is 97.4 Å². The summed E-state index contributed by atoms with van der Waals surface area (Å²) in [6.07, 6.45) is 6.52. The van der Waals surface area contributed by atoms with Gasteiger partial charge >= 0.3 is 11.9 Å². The Labute approximate surface area is 308 Å². The van der Waals surface area contributed by atoms with Crippen LogP contribution in [0.25, 0.3) is 0 Å². The summed E-state index contributed by atoms with van der Waals surface area (Å²) in [7, 11) is 0. The second-order valence-electron chi connectivity index (χ2n) is 9.35. The van der Waals surface area contributed by atoms with Crippen LogP contribution < -0.4 is 11.1 Å². The van der Waals surface area contributed by atoms with Crippen LogP contribution >= 0.6 is 58.3 Å². The van der Waals surface area contributed by atoms with Gasteiger partial charge in [-0.3, -0.25) is 0 Å². The minimum atomic E-state index is -0.495. The molecule has 2 aromatic heterocycles. The van der Waals surface area contributed by atoms with Gasteiger partial charge in [0.05, 0.1) is 26.4 Å². The molecule has 5 N–H and O–H groups in total. The average molecular weight is 772 g/mol. The molecule has 4 rings (SSSR count). The molecule has 12 nitrogen and oxygen atoms in total. The van der Waals surface area contributed by atoms with E-state index < -0.39 is 11.9 Å². The molecule has 0 spiro atoms. The van der Waals surface area contributed by atoms with Crippen molar-refractivity contribution >= 4 is 76.1 Å². The molecule has 264 valence electrons. The number of halogens is 3. The number of ether oxygens (including phenoxy) is 2. The lowest BCUT2D eigenvalue weighted by Crippen LogP contribution is -2.12. The van der Waals surface area contributed by atoms with Gasteiger partial charge < -0.3 is 30.7 Å². The van der Waals surface area contributed by atoms with Crippen molar-refractivity contribution in [1.82, 2.24) is 19.9 Å². The number of benzene rings is 2. The molecule has 0 aliphatic heterocycles. The maximum absolute atomic E-state index is 12.0. The maximum atomic E-state index is 12.0. The van der Waals surface area contributed by atoms with E-state index in [0.717, 1.165) is 16.7 Å². The Morgan fingerprint density at radius 3 is 1.76 bits per heavy atom. The lowest BCUT2D eigenvalue weighted by Gasteiger charge is -2.12. The number of hydrogen-bond donors (Lipinski definition) is 4. The van der Waals surface area contributed by atoms with Crippen LogP contribution in [0.5, 0.6) is 0 Å². The summed E-state index contributed by atoms with van der Waals surface area (Å²) in [5, 5.41) is 23.3. The monoisotopic (exact) mass is 770 g/mol. The lowest BCUT2D eigenvalue weighted by atomic mass is 10.1. The van der Waals surface area contributed by atoms with E-state index in [-0.39, 0.29) is 36.1 Å². The number of aliphatic hydroxyl groups excluding tert-OH is 2. The van der Waals surface area contributed by atoms with E-state index in [0.29, 0.717) is 51.4 Å². The van der Waals surface area contributed by atoms with Gasteiger partial charge in [-0.25, -0.2) is 29.5 Å². The van der Waals surface area contributed by atoms with Crippen LogP contribution in [0.4, 0.5) is 5.82 Å². The fourth-order valence-corrected chi connectivity index (χ4v) is 5.07. The van der Waals surface area contributed by atoms with Gasteiger partial charge in [0.15, 0.2) is 10.3 Å². The van der Waals surface area contributed by atoms with Crippen molar-refractivity contribution in [3.8, 4) is 0 Å². The lowest BCUT2D eigenvalue weighted by molar-refractivity contribution is 0.0516. The normalized spacial score (nSPS) is 10.2. The number of aliphatic hydroxyl groups is 2. The number of hydrogen-bond acceptors (Lipinski definition) is 14. The van der Waals surface area contributed by atoms with Crippen molar-refractivity contribution in [2.24, 2.45) is 5.73 Å². The predicted octanol–water partition coefficient (Wildman–Crippen LogP) is 6.45. The zero-order valence-corrected chi connectivity index (χ0v) is 31.1. The van der Waals surface area contributed by atoms with Gasteiger partial charge in [-0.2, -0.15) is 0 Å². The molecule has 0 saturated carbocycles. The first kappa shape index (κ1) is 42.0. The number of nitrogens with zero attached hydrogens (tertiary/aromatic N) is 4. The van der Waals surface area contributed by atoms with Gasteiger partial charge in [0.25, 0.3) is 0 Å². The topological polar surface area (TPSA) is 183 Å². The number of nitrogens with two attached hydrogens (primary N) is 1.